The molecule has 2 aromatic rings. The van der Waals surface area contributed by atoms with Crippen LogP contribution in [-0.4, -0.2) is 46.4 Å². The number of aliphatic imine (C=N–C) groups is 1. The number of hydroxylamine groups is 2. The normalized spacial score (nSPS) is 15.9. The summed E-state index contributed by atoms with van der Waals surface area (Å²) in [7, 11) is 1.42. The van der Waals surface area contributed by atoms with Crippen LogP contribution in [0.25, 0.3) is 0 Å². The van der Waals surface area contributed by atoms with Gasteiger partial charge in [-0.25, -0.2) is 10.0 Å². The lowest BCUT2D eigenvalue weighted by atomic mass is 10.1. The Morgan fingerprint density at radius 1 is 1.20 bits per heavy atom. The summed E-state index contributed by atoms with van der Waals surface area (Å²) in [4.78, 5) is 20.0. The zero-order valence-electron chi connectivity index (χ0n) is 19.5. The van der Waals surface area contributed by atoms with Crippen LogP contribution in [0.4, 0.5) is 30.2 Å². The summed E-state index contributed by atoms with van der Waals surface area (Å²) >= 11 is 0. The Morgan fingerprint density at radius 2 is 1.91 bits per heavy atom. The summed E-state index contributed by atoms with van der Waals surface area (Å²) in [6.45, 7) is 8.07. The molecule has 4 N–H and O–H groups in total. The van der Waals surface area contributed by atoms with Crippen LogP contribution in [0.15, 0.2) is 59.5 Å². The molecule has 1 atom stereocenters. The lowest BCUT2D eigenvalue weighted by molar-refractivity contribution is -0.120. The molecule has 1 unspecified atom stereocenters. The molecule has 0 fully saturated rings. The van der Waals surface area contributed by atoms with Crippen molar-refractivity contribution < 1.29 is 27.9 Å². The summed E-state index contributed by atoms with van der Waals surface area (Å²) < 4.78 is 47.2. The van der Waals surface area contributed by atoms with Crippen molar-refractivity contribution in [3.05, 3.63) is 65.6 Å². The molecule has 1 aliphatic heterocycles. The van der Waals surface area contributed by atoms with Crippen LogP contribution in [0, 0.1) is 13.8 Å². The molecule has 0 spiro atoms. The molecular weight excluding hydrogens is 465 g/mol. The number of anilines is 3. The van der Waals surface area contributed by atoms with Crippen molar-refractivity contribution in [1.82, 2.24) is 10.0 Å². The first kappa shape index (κ1) is 25.6. The predicted molar refractivity (Wildman–Crippen MR) is 126 cm³/mol. The molecule has 3 rings (SSSR count). The maximum absolute atomic E-state index is 14.0. The molecular formula is C23H25F3N6O3. The van der Waals surface area contributed by atoms with Crippen LogP contribution in [0.2, 0.25) is 0 Å². The van der Waals surface area contributed by atoms with Crippen molar-refractivity contribution in [2.45, 2.75) is 33.0 Å². The number of amides is 1. The number of hydrogen-bond donors (Lipinski definition) is 4. The molecule has 0 radical (unpaired) electrons. The van der Waals surface area contributed by atoms with Crippen molar-refractivity contribution in [3.63, 3.8) is 0 Å². The lowest BCUT2D eigenvalue weighted by Gasteiger charge is -2.34. The number of rotatable bonds is 6. The van der Waals surface area contributed by atoms with E-state index in [0.29, 0.717) is 16.3 Å². The fourth-order valence-corrected chi connectivity index (χ4v) is 3.33. The molecule has 186 valence electrons. The third-order valence-electron chi connectivity index (χ3n) is 5.18. The molecule has 35 heavy (non-hydrogen) atoms. The molecule has 9 nitrogen and oxygen atoms in total. The highest BCUT2D eigenvalue weighted by Gasteiger charge is 2.45. The number of benzene rings is 1. The number of methoxy groups -OCH3 is 1. The van der Waals surface area contributed by atoms with Gasteiger partial charge in [0.05, 0.1) is 30.2 Å². The van der Waals surface area contributed by atoms with Crippen LogP contribution in [-0.2, 0) is 4.79 Å². The molecule has 0 bridgehead atoms. The van der Waals surface area contributed by atoms with E-state index in [1.165, 1.54) is 32.4 Å². The van der Waals surface area contributed by atoms with Crippen molar-refractivity contribution in [2.75, 3.05) is 23.1 Å². The van der Waals surface area contributed by atoms with Gasteiger partial charge in [0.2, 0.25) is 17.7 Å². The molecule has 1 aromatic heterocycles. The molecule has 1 amide bonds. The van der Waals surface area contributed by atoms with E-state index in [1.54, 1.807) is 26.0 Å². The lowest BCUT2D eigenvalue weighted by Crippen LogP contribution is -2.47. The number of alkyl halides is 3. The predicted octanol–water partition coefficient (Wildman–Crippen LogP) is 4.58. The van der Waals surface area contributed by atoms with E-state index in [9.17, 15) is 23.2 Å². The zero-order chi connectivity index (χ0) is 25.9. The molecule has 0 aliphatic carbocycles. The Bertz CT molecular complexity index is 1210. The number of carbonyl (C=O) groups excluding carboxylic acids is 1. The van der Waals surface area contributed by atoms with Gasteiger partial charge in [-0.2, -0.15) is 18.2 Å². The fraction of sp³-hybridized carbons (Fsp3) is 0.261. The largest absolute Gasteiger partial charge is 0.481 e. The number of carbonyl (C=O) groups is 1. The maximum atomic E-state index is 14.0. The number of nitrogens with one attached hydrogen (secondary N) is 3. The van der Waals surface area contributed by atoms with E-state index in [1.807, 2.05) is 0 Å². The first-order valence-electron chi connectivity index (χ1n) is 10.4. The van der Waals surface area contributed by atoms with Gasteiger partial charge in [0.25, 0.3) is 0 Å². The van der Waals surface area contributed by atoms with Crippen molar-refractivity contribution >= 4 is 28.9 Å². The average molecular weight is 490 g/mol. The third-order valence-corrected chi connectivity index (χ3v) is 5.18. The Hall–Kier alpha value is -4.06. The summed E-state index contributed by atoms with van der Waals surface area (Å²) in [5, 5.41) is 19.0. The molecule has 1 aliphatic rings. The van der Waals surface area contributed by atoms with Crippen molar-refractivity contribution in [1.29, 1.82) is 0 Å². The molecule has 0 saturated carbocycles. The summed E-state index contributed by atoms with van der Waals surface area (Å²) in [5.41, 5.74) is 1.14. The Labute approximate surface area is 200 Å². The average Bonchev–Trinajstić information content (AvgIpc) is 2.79. The molecule has 1 aromatic carbocycles. The van der Waals surface area contributed by atoms with E-state index >= 15 is 0 Å². The van der Waals surface area contributed by atoms with Crippen LogP contribution in [0.3, 0.4) is 0 Å². The molecule has 2 heterocycles. The summed E-state index contributed by atoms with van der Waals surface area (Å²) in [5.74, 6) is -1.07. The Kier molecular flexibility index (Phi) is 7.34. The second-order valence-electron chi connectivity index (χ2n) is 7.75. The van der Waals surface area contributed by atoms with Gasteiger partial charge in [0.15, 0.2) is 0 Å². The summed E-state index contributed by atoms with van der Waals surface area (Å²) in [6.07, 6.45) is -2.26. The summed E-state index contributed by atoms with van der Waals surface area (Å²) in [6, 6.07) is 4.79. The topological polar surface area (TPSA) is 111 Å². The first-order chi connectivity index (χ1) is 16.4. The Morgan fingerprint density at radius 3 is 2.54 bits per heavy atom. The van der Waals surface area contributed by atoms with Gasteiger partial charge in [0.1, 0.15) is 11.4 Å². The van der Waals surface area contributed by atoms with Crippen molar-refractivity contribution in [2.24, 2.45) is 4.99 Å². The van der Waals surface area contributed by atoms with Gasteiger partial charge >= 0.3 is 6.18 Å². The van der Waals surface area contributed by atoms with E-state index in [2.05, 4.69) is 32.5 Å². The van der Waals surface area contributed by atoms with Crippen LogP contribution in [0.1, 0.15) is 18.1 Å². The smallest absolute Gasteiger partial charge is 0.418 e. The van der Waals surface area contributed by atoms with Gasteiger partial charge in [0, 0.05) is 12.3 Å². The number of pyridine rings is 1. The van der Waals surface area contributed by atoms with Gasteiger partial charge in [-0.1, -0.05) is 12.6 Å². The quantitative estimate of drug-likeness (QED) is 0.439. The van der Waals surface area contributed by atoms with Crippen LogP contribution < -0.4 is 20.7 Å². The third kappa shape index (κ3) is 5.72. The van der Waals surface area contributed by atoms with Gasteiger partial charge in [-0.15, -0.1) is 0 Å². The minimum atomic E-state index is -4.82. The molecule has 0 saturated heterocycles. The number of ether oxygens (including phenoxy) is 1. The van der Waals surface area contributed by atoms with E-state index in [-0.39, 0.29) is 23.2 Å². The second kappa shape index (κ2) is 10.1. The number of halogens is 3. The minimum Gasteiger partial charge on any atom is -0.481 e. The van der Waals surface area contributed by atoms with E-state index in [4.69, 9.17) is 4.74 Å². The minimum absolute atomic E-state index is 0.172. The van der Waals surface area contributed by atoms with E-state index < -0.39 is 29.5 Å². The first-order valence-corrected chi connectivity index (χ1v) is 10.4. The number of hydrogen-bond acceptors (Lipinski definition) is 8. The number of aromatic nitrogens is 1. The number of guanidine groups is 1. The number of aryl methyl sites for hydroxylation is 2. The van der Waals surface area contributed by atoms with Crippen molar-refractivity contribution in [3.8, 4) is 5.88 Å². The fourth-order valence-electron chi connectivity index (χ4n) is 3.33. The number of nitrogens with zero attached hydrogens (tertiary/aromatic N) is 3. The van der Waals surface area contributed by atoms with Gasteiger partial charge in [-0.05, 0) is 50.1 Å². The van der Waals surface area contributed by atoms with Crippen LogP contribution >= 0.6 is 0 Å². The highest BCUT2D eigenvalue weighted by molar-refractivity contribution is 6.01. The SMILES string of the molecule is C=CC(=O)Nc1cc(C)ccc1NC1=C(C(F)(F)F)C(C)N(O)C(Nc2cc(OC)ncc2C)=N1. The van der Waals surface area contributed by atoms with Gasteiger partial charge in [-0.3, -0.25) is 10.0 Å². The molecule has 12 heteroatoms. The van der Waals surface area contributed by atoms with Gasteiger partial charge < -0.3 is 20.7 Å². The standard InChI is InChI=1S/C23H25F3N6O3/c1-6-18(33)28-17-9-12(2)7-8-15(17)29-21-20(23(24,25)26)14(4)32(34)22(31-21)30-16-10-19(35-5)27-11-13(16)3/h6-11,14,29,34H,1H2,2-5H3,(H,28,33)(H,27,30,31). The van der Waals surface area contributed by atoms with E-state index in [0.717, 1.165) is 11.6 Å². The highest BCUT2D eigenvalue weighted by atomic mass is 19.4. The van der Waals surface area contributed by atoms with Crippen LogP contribution in [0.5, 0.6) is 5.88 Å². The monoisotopic (exact) mass is 490 g/mol. The highest BCUT2D eigenvalue weighted by Crippen LogP contribution is 2.37. The maximum Gasteiger partial charge on any atom is 0.418 e. The zero-order valence-corrected chi connectivity index (χ0v) is 19.5. The Balaban J connectivity index is 2.09. The second-order valence-corrected chi connectivity index (χ2v) is 7.75.